The van der Waals surface area contributed by atoms with E-state index >= 15 is 0 Å². The van der Waals surface area contributed by atoms with Gasteiger partial charge in [-0.3, -0.25) is 4.79 Å². The molecule has 6 nitrogen and oxygen atoms in total. The molecule has 0 saturated carbocycles. The lowest BCUT2D eigenvalue weighted by Crippen LogP contribution is -2.35. The lowest BCUT2D eigenvalue weighted by Gasteiger charge is -2.16. The van der Waals surface area contributed by atoms with Crippen LogP contribution in [0.25, 0.3) is 0 Å². The van der Waals surface area contributed by atoms with E-state index in [1.54, 1.807) is 18.2 Å². The van der Waals surface area contributed by atoms with Gasteiger partial charge in [0, 0.05) is 12.6 Å². The van der Waals surface area contributed by atoms with Crippen molar-refractivity contribution in [3.63, 3.8) is 0 Å². The summed E-state index contributed by atoms with van der Waals surface area (Å²) >= 11 is 0. The lowest BCUT2D eigenvalue weighted by atomic mass is 10.1. The monoisotopic (exact) mass is 339 g/mol. The zero-order chi connectivity index (χ0) is 16.3. The number of nitrogens with one attached hydrogen (secondary N) is 1. The van der Waals surface area contributed by atoms with Crippen molar-refractivity contribution in [2.24, 2.45) is 0 Å². The molecular formula is C16H21NO5S. The number of carbonyl (C=O) groups excluding carboxylic acids is 1. The van der Waals surface area contributed by atoms with Crippen LogP contribution >= 0.6 is 0 Å². The first-order valence-corrected chi connectivity index (χ1v) is 9.70. The number of hydrogen-bond donors (Lipinski definition) is 1. The zero-order valence-corrected chi connectivity index (χ0v) is 13.7. The number of hydrogen-bond acceptors (Lipinski definition) is 5. The van der Waals surface area contributed by atoms with Crippen molar-refractivity contribution in [3.05, 3.63) is 29.8 Å². The van der Waals surface area contributed by atoms with Crippen LogP contribution in [0, 0.1) is 0 Å². The van der Waals surface area contributed by atoms with Gasteiger partial charge in [0.05, 0.1) is 23.2 Å². The molecule has 3 rings (SSSR count). The topological polar surface area (TPSA) is 81.7 Å². The number of sulfone groups is 1. The summed E-state index contributed by atoms with van der Waals surface area (Å²) in [6, 6.07) is 6.68. The molecule has 1 N–H and O–H groups in total. The molecule has 23 heavy (non-hydrogen) atoms. The highest BCUT2D eigenvalue weighted by Gasteiger charge is 2.29. The average molecular weight is 339 g/mol. The molecule has 7 heteroatoms. The molecule has 1 aromatic rings. The van der Waals surface area contributed by atoms with Crippen LogP contribution < -0.4 is 10.1 Å². The second-order valence-corrected chi connectivity index (χ2v) is 8.24. The van der Waals surface area contributed by atoms with E-state index in [1.165, 1.54) is 0 Å². The Morgan fingerprint density at radius 1 is 1.30 bits per heavy atom. The molecule has 2 aliphatic heterocycles. The number of carbonyl (C=O) groups is 1. The van der Waals surface area contributed by atoms with Gasteiger partial charge in [-0.1, -0.05) is 12.1 Å². The van der Waals surface area contributed by atoms with E-state index in [0.717, 1.165) is 19.4 Å². The van der Waals surface area contributed by atoms with E-state index < -0.39 is 9.84 Å². The van der Waals surface area contributed by atoms with Crippen LogP contribution in [0.15, 0.2) is 24.3 Å². The minimum atomic E-state index is -3.02. The molecule has 0 aliphatic carbocycles. The molecule has 2 heterocycles. The summed E-state index contributed by atoms with van der Waals surface area (Å²) in [6.45, 7) is 1.18. The number of rotatable bonds is 5. The highest BCUT2D eigenvalue weighted by atomic mass is 32.2. The van der Waals surface area contributed by atoms with Crippen LogP contribution in [0.5, 0.6) is 5.75 Å². The molecule has 2 saturated heterocycles. The Kier molecular flexibility index (Phi) is 4.87. The van der Waals surface area contributed by atoms with E-state index in [4.69, 9.17) is 9.47 Å². The van der Waals surface area contributed by atoms with Gasteiger partial charge in [-0.05, 0) is 31.4 Å². The molecular weight excluding hydrogens is 318 g/mol. The average Bonchev–Trinajstić information content (AvgIpc) is 3.15. The summed E-state index contributed by atoms with van der Waals surface area (Å²) in [5, 5.41) is 2.79. The van der Waals surface area contributed by atoms with Crippen molar-refractivity contribution in [1.29, 1.82) is 0 Å². The third-order valence-corrected chi connectivity index (χ3v) is 5.92. The first-order valence-electron chi connectivity index (χ1n) is 7.88. The second-order valence-electron chi connectivity index (χ2n) is 6.02. The third-order valence-electron chi connectivity index (χ3n) is 4.15. The maximum absolute atomic E-state index is 12.4. The van der Waals surface area contributed by atoms with Gasteiger partial charge in [-0.25, -0.2) is 8.42 Å². The van der Waals surface area contributed by atoms with Crippen LogP contribution in [0.3, 0.4) is 0 Å². The first kappa shape index (κ1) is 16.3. The largest absolute Gasteiger partial charge is 0.490 e. The Bertz CT molecular complexity index is 667. The van der Waals surface area contributed by atoms with E-state index in [-0.39, 0.29) is 29.6 Å². The first-order chi connectivity index (χ1) is 11.0. The highest BCUT2D eigenvalue weighted by Crippen LogP contribution is 2.21. The van der Waals surface area contributed by atoms with Crippen LogP contribution in [-0.4, -0.2) is 51.2 Å². The van der Waals surface area contributed by atoms with Crippen molar-refractivity contribution < 1.29 is 22.7 Å². The van der Waals surface area contributed by atoms with Crippen molar-refractivity contribution in [3.8, 4) is 5.75 Å². The van der Waals surface area contributed by atoms with Gasteiger partial charge in [-0.15, -0.1) is 0 Å². The minimum absolute atomic E-state index is 0.0116. The summed E-state index contributed by atoms with van der Waals surface area (Å²) in [5.41, 5.74) is 0.426. The molecule has 126 valence electrons. The van der Waals surface area contributed by atoms with E-state index in [9.17, 15) is 13.2 Å². The normalized spacial score (nSPS) is 26.1. The molecule has 0 unspecified atom stereocenters. The fraction of sp³-hybridized carbons (Fsp3) is 0.562. The number of benzene rings is 1. The Morgan fingerprint density at radius 3 is 2.83 bits per heavy atom. The van der Waals surface area contributed by atoms with Crippen molar-refractivity contribution in [1.82, 2.24) is 5.32 Å². The van der Waals surface area contributed by atoms with E-state index in [2.05, 4.69) is 5.32 Å². The summed E-state index contributed by atoms with van der Waals surface area (Å²) in [4.78, 5) is 12.4. The van der Waals surface area contributed by atoms with Gasteiger partial charge in [0.25, 0.3) is 5.91 Å². The van der Waals surface area contributed by atoms with Gasteiger partial charge in [0.15, 0.2) is 9.84 Å². The van der Waals surface area contributed by atoms with Crippen LogP contribution in [0.4, 0.5) is 0 Å². The second kappa shape index (κ2) is 6.88. The van der Waals surface area contributed by atoms with Gasteiger partial charge < -0.3 is 14.8 Å². The van der Waals surface area contributed by atoms with Crippen LogP contribution in [0.2, 0.25) is 0 Å². The fourth-order valence-electron chi connectivity index (χ4n) is 2.91. The van der Waals surface area contributed by atoms with Gasteiger partial charge in [-0.2, -0.15) is 0 Å². The van der Waals surface area contributed by atoms with Gasteiger partial charge >= 0.3 is 0 Å². The summed E-state index contributed by atoms with van der Waals surface area (Å²) in [7, 11) is -3.02. The third kappa shape index (κ3) is 4.23. The number of amides is 1. The van der Waals surface area contributed by atoms with Crippen molar-refractivity contribution >= 4 is 15.7 Å². The predicted molar refractivity (Wildman–Crippen MR) is 85.4 cm³/mol. The molecule has 0 bridgehead atoms. The Balaban J connectivity index is 1.63. The Labute approximate surface area is 136 Å². The SMILES string of the molecule is O=C(N[C@H]1CCS(=O)(=O)C1)c1ccccc1OC[C@H]1CCCO1. The fourth-order valence-corrected chi connectivity index (χ4v) is 4.58. The van der Waals surface area contributed by atoms with Crippen molar-refractivity contribution in [2.75, 3.05) is 24.7 Å². The van der Waals surface area contributed by atoms with Gasteiger partial charge in [0.2, 0.25) is 0 Å². The minimum Gasteiger partial charge on any atom is -0.490 e. The summed E-state index contributed by atoms with van der Waals surface area (Å²) in [5.74, 6) is 0.351. The molecule has 0 radical (unpaired) electrons. The lowest BCUT2D eigenvalue weighted by molar-refractivity contribution is 0.0670. The highest BCUT2D eigenvalue weighted by molar-refractivity contribution is 7.91. The molecule has 2 atom stereocenters. The predicted octanol–water partition coefficient (Wildman–Crippen LogP) is 1.16. The summed E-state index contributed by atoms with van der Waals surface area (Å²) in [6.07, 6.45) is 2.54. The smallest absolute Gasteiger partial charge is 0.255 e. The van der Waals surface area contributed by atoms with Crippen molar-refractivity contribution in [2.45, 2.75) is 31.4 Å². The van der Waals surface area contributed by atoms with Crippen LogP contribution in [0.1, 0.15) is 29.6 Å². The molecule has 2 fully saturated rings. The van der Waals surface area contributed by atoms with E-state index in [1.807, 2.05) is 6.07 Å². The quantitative estimate of drug-likeness (QED) is 0.871. The molecule has 0 spiro atoms. The number of para-hydroxylation sites is 1. The zero-order valence-electron chi connectivity index (χ0n) is 12.9. The molecule has 2 aliphatic rings. The molecule has 1 aromatic carbocycles. The standard InChI is InChI=1S/C16H21NO5S/c18-16(17-12-7-9-23(19,20)11-12)14-5-1-2-6-15(14)22-10-13-4-3-8-21-13/h1-2,5-6,12-13H,3-4,7-11H2,(H,17,18)/t12-,13+/m0/s1. The summed E-state index contributed by atoms with van der Waals surface area (Å²) < 4.78 is 34.2. The van der Waals surface area contributed by atoms with Crippen LogP contribution in [-0.2, 0) is 14.6 Å². The van der Waals surface area contributed by atoms with E-state index in [0.29, 0.717) is 24.3 Å². The Hall–Kier alpha value is -1.60. The Morgan fingerprint density at radius 2 is 2.13 bits per heavy atom. The maximum Gasteiger partial charge on any atom is 0.255 e. The molecule has 1 amide bonds. The number of ether oxygens (including phenoxy) is 2. The molecule has 0 aromatic heterocycles. The maximum atomic E-state index is 12.4. The van der Waals surface area contributed by atoms with Gasteiger partial charge in [0.1, 0.15) is 12.4 Å².